The molecule has 1 heterocycles. The molecule has 86 valence electrons. The van der Waals surface area contributed by atoms with Crippen molar-refractivity contribution in [2.24, 2.45) is 0 Å². The first-order valence-corrected chi connectivity index (χ1v) is 5.32. The van der Waals surface area contributed by atoms with Gasteiger partial charge < -0.3 is 5.32 Å². The van der Waals surface area contributed by atoms with Gasteiger partial charge in [0.1, 0.15) is 18.2 Å². The zero-order chi connectivity index (χ0) is 11.9. The number of hydrogen-bond donors (Lipinski definition) is 2. The van der Waals surface area contributed by atoms with E-state index in [0.717, 1.165) is 0 Å². The molecule has 0 radical (unpaired) electrons. The molecule has 0 saturated heterocycles. The van der Waals surface area contributed by atoms with Crippen LogP contribution < -0.4 is 10.6 Å². The number of alkyl halides is 1. The molecule has 6 nitrogen and oxygen atoms in total. The number of nitriles is 1. The van der Waals surface area contributed by atoms with Gasteiger partial charge in [-0.1, -0.05) is 0 Å². The molecule has 0 fully saturated rings. The highest BCUT2D eigenvalue weighted by Gasteiger charge is 2.22. The fraction of sp³-hybridized carbons (Fsp3) is 0.556. The van der Waals surface area contributed by atoms with E-state index < -0.39 is 5.54 Å². The number of anilines is 1. The average molecular weight is 241 g/mol. The van der Waals surface area contributed by atoms with E-state index in [9.17, 15) is 0 Å². The molecule has 7 heteroatoms. The van der Waals surface area contributed by atoms with Crippen molar-refractivity contribution in [2.75, 3.05) is 24.3 Å². The number of nitrogens with zero attached hydrogens (tertiary/aromatic N) is 4. The molecule has 0 saturated carbocycles. The molecular weight excluding hydrogens is 228 g/mol. The Balaban J connectivity index is 2.49. The van der Waals surface area contributed by atoms with Gasteiger partial charge in [0.25, 0.3) is 0 Å². The van der Waals surface area contributed by atoms with Gasteiger partial charge in [0.05, 0.1) is 6.07 Å². The molecule has 16 heavy (non-hydrogen) atoms. The van der Waals surface area contributed by atoms with Crippen molar-refractivity contribution >= 4 is 17.5 Å². The van der Waals surface area contributed by atoms with Gasteiger partial charge in [0.2, 0.25) is 5.95 Å². The molecule has 1 unspecified atom stereocenters. The summed E-state index contributed by atoms with van der Waals surface area (Å²) in [7, 11) is 0. The minimum Gasteiger partial charge on any atom is -0.351 e. The Kier molecular flexibility index (Phi) is 4.89. The highest BCUT2D eigenvalue weighted by molar-refractivity contribution is 6.18. The number of rotatable bonds is 6. The van der Waals surface area contributed by atoms with Crippen LogP contribution in [0, 0.1) is 11.3 Å². The van der Waals surface area contributed by atoms with Crippen molar-refractivity contribution < 1.29 is 0 Å². The lowest BCUT2D eigenvalue weighted by Gasteiger charge is -2.22. The summed E-state index contributed by atoms with van der Waals surface area (Å²) >= 11 is 5.56. The van der Waals surface area contributed by atoms with E-state index in [4.69, 9.17) is 16.9 Å². The number of hydrogen-bond acceptors (Lipinski definition) is 6. The maximum Gasteiger partial charge on any atom is 0.225 e. The summed E-state index contributed by atoms with van der Waals surface area (Å²) in [5.74, 6) is 0.910. The van der Waals surface area contributed by atoms with Crippen LogP contribution in [-0.2, 0) is 0 Å². The maximum atomic E-state index is 9.04. The molecule has 0 aliphatic rings. The molecule has 0 aliphatic carbocycles. The molecule has 1 aromatic heterocycles. The van der Waals surface area contributed by atoms with Crippen LogP contribution in [0.15, 0.2) is 12.7 Å². The molecule has 0 aromatic carbocycles. The molecule has 0 bridgehead atoms. The SMILES string of the molecule is CC(C#N)(CNc1ncncn1)NCCCl. The van der Waals surface area contributed by atoms with E-state index in [0.29, 0.717) is 24.9 Å². The molecule has 2 N–H and O–H groups in total. The predicted molar refractivity (Wildman–Crippen MR) is 61.1 cm³/mol. The molecule has 1 aromatic rings. The van der Waals surface area contributed by atoms with E-state index in [1.165, 1.54) is 12.7 Å². The molecule has 0 amide bonds. The standard InChI is InChI=1S/C9H13ClN6/c1-9(4-11,16-3-2-10)5-13-8-14-6-12-7-15-8/h6-7,16H,2-3,5H2,1H3,(H,12,13,14,15). The molecule has 0 aliphatic heterocycles. The first kappa shape index (κ1) is 12.6. The van der Waals surface area contributed by atoms with Gasteiger partial charge in [-0.05, 0) is 6.92 Å². The monoisotopic (exact) mass is 240 g/mol. The Morgan fingerprint density at radius 3 is 2.75 bits per heavy atom. The zero-order valence-corrected chi connectivity index (χ0v) is 9.70. The summed E-state index contributed by atoms with van der Waals surface area (Å²) in [4.78, 5) is 11.5. The number of nitrogens with one attached hydrogen (secondary N) is 2. The second-order valence-electron chi connectivity index (χ2n) is 3.38. The van der Waals surface area contributed by atoms with E-state index in [2.05, 4.69) is 31.7 Å². The summed E-state index contributed by atoms with van der Waals surface area (Å²) in [6.07, 6.45) is 2.79. The lowest BCUT2D eigenvalue weighted by Crippen LogP contribution is -2.47. The Hall–Kier alpha value is -1.45. The van der Waals surface area contributed by atoms with Crippen molar-refractivity contribution in [3.8, 4) is 6.07 Å². The van der Waals surface area contributed by atoms with Gasteiger partial charge in [-0.15, -0.1) is 11.6 Å². The third-order valence-corrected chi connectivity index (χ3v) is 2.14. The van der Waals surface area contributed by atoms with Crippen LogP contribution in [0.2, 0.25) is 0 Å². The van der Waals surface area contributed by atoms with Crippen LogP contribution in [0.25, 0.3) is 0 Å². The summed E-state index contributed by atoms with van der Waals surface area (Å²) in [5.41, 5.74) is -0.693. The van der Waals surface area contributed by atoms with Gasteiger partial charge in [0.15, 0.2) is 0 Å². The largest absolute Gasteiger partial charge is 0.351 e. The van der Waals surface area contributed by atoms with Crippen LogP contribution in [-0.4, -0.2) is 39.5 Å². The first-order chi connectivity index (χ1) is 7.70. The Morgan fingerprint density at radius 2 is 2.19 bits per heavy atom. The summed E-state index contributed by atoms with van der Waals surface area (Å²) in [6, 6.07) is 2.18. The van der Waals surface area contributed by atoms with E-state index in [-0.39, 0.29) is 0 Å². The minimum atomic E-state index is -0.693. The second kappa shape index (κ2) is 6.20. The van der Waals surface area contributed by atoms with Gasteiger partial charge in [0, 0.05) is 19.0 Å². The Morgan fingerprint density at radius 1 is 1.50 bits per heavy atom. The van der Waals surface area contributed by atoms with Crippen LogP contribution in [0.4, 0.5) is 5.95 Å². The highest BCUT2D eigenvalue weighted by Crippen LogP contribution is 2.03. The minimum absolute atomic E-state index is 0.393. The summed E-state index contributed by atoms with van der Waals surface area (Å²) in [5, 5.41) is 15.0. The van der Waals surface area contributed by atoms with E-state index in [1.807, 2.05) is 0 Å². The van der Waals surface area contributed by atoms with E-state index in [1.54, 1.807) is 6.92 Å². The topological polar surface area (TPSA) is 86.5 Å². The van der Waals surface area contributed by atoms with Crippen molar-refractivity contribution in [3.05, 3.63) is 12.7 Å². The second-order valence-corrected chi connectivity index (χ2v) is 3.75. The Bertz CT molecular complexity index is 351. The number of halogens is 1. The molecule has 1 rings (SSSR count). The van der Waals surface area contributed by atoms with Crippen LogP contribution in [0.5, 0.6) is 0 Å². The van der Waals surface area contributed by atoms with Crippen LogP contribution >= 0.6 is 11.6 Å². The van der Waals surface area contributed by atoms with Gasteiger partial charge in [-0.25, -0.2) is 15.0 Å². The van der Waals surface area contributed by atoms with Crippen molar-refractivity contribution in [3.63, 3.8) is 0 Å². The average Bonchev–Trinajstić information content (AvgIpc) is 2.35. The predicted octanol–water partition coefficient (Wildman–Crippen LogP) is 0.394. The molecular formula is C9H13ClN6. The van der Waals surface area contributed by atoms with Crippen molar-refractivity contribution in [1.82, 2.24) is 20.3 Å². The van der Waals surface area contributed by atoms with Gasteiger partial charge in [-0.2, -0.15) is 5.26 Å². The summed E-state index contributed by atoms with van der Waals surface area (Å²) < 4.78 is 0. The highest BCUT2D eigenvalue weighted by atomic mass is 35.5. The summed E-state index contributed by atoms with van der Waals surface area (Å²) in [6.45, 7) is 2.75. The van der Waals surface area contributed by atoms with Gasteiger partial charge >= 0.3 is 0 Å². The zero-order valence-electron chi connectivity index (χ0n) is 8.94. The lowest BCUT2D eigenvalue weighted by molar-refractivity contribution is 0.483. The van der Waals surface area contributed by atoms with Crippen molar-refractivity contribution in [2.45, 2.75) is 12.5 Å². The Labute approximate surface area is 99.1 Å². The third kappa shape index (κ3) is 3.96. The van der Waals surface area contributed by atoms with E-state index >= 15 is 0 Å². The third-order valence-electron chi connectivity index (χ3n) is 1.95. The maximum absolute atomic E-state index is 9.04. The fourth-order valence-corrected chi connectivity index (χ4v) is 1.15. The molecule has 1 atom stereocenters. The normalized spacial score (nSPS) is 13.8. The van der Waals surface area contributed by atoms with Crippen LogP contribution in [0.1, 0.15) is 6.92 Å². The smallest absolute Gasteiger partial charge is 0.225 e. The fourth-order valence-electron chi connectivity index (χ4n) is 1.05. The van der Waals surface area contributed by atoms with Gasteiger partial charge in [-0.3, -0.25) is 5.32 Å². The quantitative estimate of drug-likeness (QED) is 0.700. The number of aromatic nitrogens is 3. The molecule has 0 spiro atoms. The lowest BCUT2D eigenvalue weighted by atomic mass is 10.1. The van der Waals surface area contributed by atoms with Crippen LogP contribution in [0.3, 0.4) is 0 Å². The van der Waals surface area contributed by atoms with Crippen molar-refractivity contribution in [1.29, 1.82) is 5.26 Å². The first-order valence-electron chi connectivity index (χ1n) is 4.78.